The fraction of sp³-hybridized carbons (Fsp3) is 0.647. The van der Waals surface area contributed by atoms with E-state index < -0.39 is 12.1 Å². The van der Waals surface area contributed by atoms with Crippen molar-refractivity contribution in [3.63, 3.8) is 0 Å². The number of fused-ring (bicyclic) bond motifs is 1. The number of aliphatic carboxylic acids is 1. The molecule has 0 radical (unpaired) electrons. The predicted molar refractivity (Wildman–Crippen MR) is 90.4 cm³/mol. The highest BCUT2D eigenvalue weighted by atomic mass is 19.4. The molecule has 3 rings (SSSR count). The first-order chi connectivity index (χ1) is 12.6. The van der Waals surface area contributed by atoms with Gasteiger partial charge < -0.3 is 19.3 Å². The van der Waals surface area contributed by atoms with Crippen LogP contribution in [-0.4, -0.2) is 82.5 Å². The van der Waals surface area contributed by atoms with Crippen molar-refractivity contribution in [2.75, 3.05) is 32.8 Å². The number of carboxylic acids is 1. The van der Waals surface area contributed by atoms with Gasteiger partial charge in [-0.1, -0.05) is 0 Å². The van der Waals surface area contributed by atoms with Crippen LogP contribution in [-0.2, 0) is 16.6 Å². The molecule has 2 fully saturated rings. The molecule has 0 saturated carbocycles. The number of nitrogens with zero attached hydrogens (tertiary/aromatic N) is 3. The Labute approximate surface area is 155 Å². The molecule has 10 heteroatoms. The largest absolute Gasteiger partial charge is 0.490 e. The number of hydrogen-bond donors (Lipinski definition) is 1. The highest BCUT2D eigenvalue weighted by Crippen LogP contribution is 2.25. The molecule has 0 bridgehead atoms. The van der Waals surface area contributed by atoms with Crippen LogP contribution in [0.15, 0.2) is 18.3 Å². The number of alkyl halides is 3. The van der Waals surface area contributed by atoms with Crippen LogP contribution >= 0.6 is 0 Å². The summed E-state index contributed by atoms with van der Waals surface area (Å²) < 4.78 is 39.4. The highest BCUT2D eigenvalue weighted by molar-refractivity contribution is 5.92. The highest BCUT2D eigenvalue weighted by Gasteiger charge is 2.39. The van der Waals surface area contributed by atoms with E-state index in [2.05, 4.69) is 4.90 Å². The third kappa shape index (κ3) is 5.46. The topological polar surface area (TPSA) is 75.0 Å². The van der Waals surface area contributed by atoms with E-state index in [0.29, 0.717) is 12.1 Å². The molecule has 7 nitrogen and oxygen atoms in total. The van der Waals surface area contributed by atoms with E-state index in [-0.39, 0.29) is 5.91 Å². The molecule has 0 aliphatic carbocycles. The van der Waals surface area contributed by atoms with Crippen molar-refractivity contribution < 1.29 is 32.6 Å². The summed E-state index contributed by atoms with van der Waals surface area (Å²) in [5.74, 6) is -2.61. The maximum atomic E-state index is 12.5. The van der Waals surface area contributed by atoms with Crippen LogP contribution in [0.4, 0.5) is 13.2 Å². The van der Waals surface area contributed by atoms with Crippen LogP contribution in [0.25, 0.3) is 0 Å². The average Bonchev–Trinajstić information content (AvgIpc) is 3.19. The van der Waals surface area contributed by atoms with E-state index in [1.807, 2.05) is 41.8 Å². The molecule has 2 saturated heterocycles. The fourth-order valence-electron chi connectivity index (χ4n) is 3.38. The van der Waals surface area contributed by atoms with Crippen molar-refractivity contribution >= 4 is 11.9 Å². The summed E-state index contributed by atoms with van der Waals surface area (Å²) in [5, 5.41) is 7.12. The predicted octanol–water partition coefficient (Wildman–Crippen LogP) is 1.59. The second-order valence-electron chi connectivity index (χ2n) is 6.52. The Balaban J connectivity index is 0.000000321. The lowest BCUT2D eigenvalue weighted by Crippen LogP contribution is -2.52. The first kappa shape index (κ1) is 21.2. The molecule has 1 aromatic rings. The zero-order valence-corrected chi connectivity index (χ0v) is 15.3. The Morgan fingerprint density at radius 3 is 2.48 bits per heavy atom. The molecule has 0 aromatic carbocycles. The summed E-state index contributed by atoms with van der Waals surface area (Å²) in [7, 11) is 1.92. The summed E-state index contributed by atoms with van der Waals surface area (Å²) in [5.41, 5.74) is 0.776. The van der Waals surface area contributed by atoms with Gasteiger partial charge in [0.15, 0.2) is 0 Å². The lowest BCUT2D eigenvalue weighted by molar-refractivity contribution is -0.192. The lowest BCUT2D eigenvalue weighted by atomic mass is 10.1. The zero-order valence-electron chi connectivity index (χ0n) is 15.3. The van der Waals surface area contributed by atoms with Gasteiger partial charge in [0.1, 0.15) is 5.69 Å². The fourth-order valence-corrected chi connectivity index (χ4v) is 3.38. The number of piperazine rings is 1. The molecular formula is C17H24F3N3O4. The quantitative estimate of drug-likeness (QED) is 0.847. The second-order valence-corrected chi connectivity index (χ2v) is 6.52. The normalized spacial score (nSPS) is 22.8. The summed E-state index contributed by atoms with van der Waals surface area (Å²) >= 11 is 0. The second kappa shape index (κ2) is 8.75. The van der Waals surface area contributed by atoms with Gasteiger partial charge in [-0.05, 0) is 25.5 Å². The molecule has 1 amide bonds. The first-order valence-corrected chi connectivity index (χ1v) is 8.69. The molecule has 3 heterocycles. The molecule has 1 aromatic heterocycles. The van der Waals surface area contributed by atoms with Gasteiger partial charge in [-0.2, -0.15) is 13.2 Å². The molecule has 1 N–H and O–H groups in total. The SMILES string of the molecule is CCO[C@@H]1C[C@H]2CN(C(=O)c3cccn3C)CCN2C1.O=C(O)C(F)(F)F. The van der Waals surface area contributed by atoms with E-state index in [1.54, 1.807) is 0 Å². The van der Waals surface area contributed by atoms with Crippen molar-refractivity contribution in [3.8, 4) is 0 Å². The van der Waals surface area contributed by atoms with E-state index in [1.165, 1.54) is 0 Å². The van der Waals surface area contributed by atoms with Gasteiger partial charge in [0.2, 0.25) is 0 Å². The summed E-state index contributed by atoms with van der Waals surface area (Å²) in [6, 6.07) is 4.28. The van der Waals surface area contributed by atoms with Crippen LogP contribution in [0.3, 0.4) is 0 Å². The molecule has 0 spiro atoms. The number of carbonyl (C=O) groups is 2. The Morgan fingerprint density at radius 1 is 1.30 bits per heavy atom. The molecule has 27 heavy (non-hydrogen) atoms. The van der Waals surface area contributed by atoms with Crippen molar-refractivity contribution in [2.45, 2.75) is 31.7 Å². The molecule has 152 valence electrons. The maximum absolute atomic E-state index is 12.5. The minimum absolute atomic E-state index is 0.150. The number of amides is 1. The number of hydrogen-bond acceptors (Lipinski definition) is 4. The minimum Gasteiger partial charge on any atom is -0.475 e. The maximum Gasteiger partial charge on any atom is 0.490 e. The number of halogens is 3. The molecular weight excluding hydrogens is 367 g/mol. The summed E-state index contributed by atoms with van der Waals surface area (Å²) in [4.78, 5) is 25.9. The average molecular weight is 391 g/mol. The standard InChI is InChI=1S/C15H23N3O2.C2HF3O2/c1-3-20-13-9-12-10-18(8-7-17(12)11-13)15(19)14-5-4-6-16(14)2;3-2(4,5)1(6)7/h4-6,12-13H,3,7-11H2,1-2H3;(H,6,7)/t12-,13+;/m0./s1. The number of aromatic nitrogens is 1. The van der Waals surface area contributed by atoms with Gasteiger partial charge in [-0.25, -0.2) is 4.79 Å². The van der Waals surface area contributed by atoms with Crippen molar-refractivity contribution in [3.05, 3.63) is 24.0 Å². The Morgan fingerprint density at radius 2 is 1.96 bits per heavy atom. The molecule has 2 aliphatic rings. The van der Waals surface area contributed by atoms with E-state index in [0.717, 1.165) is 44.9 Å². The van der Waals surface area contributed by atoms with Crippen LogP contribution in [0, 0.1) is 0 Å². The number of carbonyl (C=O) groups excluding carboxylic acids is 1. The zero-order chi connectivity index (χ0) is 20.2. The number of carboxylic acid groups (broad SMARTS) is 1. The van der Waals surface area contributed by atoms with Crippen molar-refractivity contribution in [1.82, 2.24) is 14.4 Å². The number of aryl methyl sites for hydroxylation is 1. The van der Waals surface area contributed by atoms with E-state index in [4.69, 9.17) is 14.6 Å². The van der Waals surface area contributed by atoms with Gasteiger partial charge in [0, 0.05) is 52.1 Å². The summed E-state index contributed by atoms with van der Waals surface area (Å²) in [6.07, 6.45) is -1.77. The van der Waals surface area contributed by atoms with Gasteiger partial charge >= 0.3 is 12.1 Å². The third-order valence-electron chi connectivity index (χ3n) is 4.67. The molecule has 2 atom stereocenters. The van der Waals surface area contributed by atoms with Gasteiger partial charge in [-0.3, -0.25) is 9.69 Å². The summed E-state index contributed by atoms with van der Waals surface area (Å²) in [6.45, 7) is 6.45. The van der Waals surface area contributed by atoms with Gasteiger partial charge in [0.05, 0.1) is 6.10 Å². The Bertz CT molecular complexity index is 662. The Kier molecular flexibility index (Phi) is 6.88. The third-order valence-corrected chi connectivity index (χ3v) is 4.67. The molecule has 2 aliphatic heterocycles. The van der Waals surface area contributed by atoms with Crippen molar-refractivity contribution in [1.29, 1.82) is 0 Å². The van der Waals surface area contributed by atoms with Gasteiger partial charge in [0.25, 0.3) is 5.91 Å². The Hall–Kier alpha value is -2.07. The van der Waals surface area contributed by atoms with Crippen LogP contribution in [0.1, 0.15) is 23.8 Å². The lowest BCUT2D eigenvalue weighted by Gasteiger charge is -2.37. The number of ether oxygens (including phenoxy) is 1. The van der Waals surface area contributed by atoms with Crippen LogP contribution in [0.5, 0.6) is 0 Å². The smallest absolute Gasteiger partial charge is 0.475 e. The molecule has 0 unspecified atom stereocenters. The van der Waals surface area contributed by atoms with Gasteiger partial charge in [-0.15, -0.1) is 0 Å². The minimum atomic E-state index is -5.08. The van der Waals surface area contributed by atoms with E-state index in [9.17, 15) is 18.0 Å². The van der Waals surface area contributed by atoms with Crippen LogP contribution < -0.4 is 0 Å². The first-order valence-electron chi connectivity index (χ1n) is 8.69. The number of rotatable bonds is 3. The van der Waals surface area contributed by atoms with Crippen molar-refractivity contribution in [2.24, 2.45) is 7.05 Å². The van der Waals surface area contributed by atoms with E-state index >= 15 is 0 Å². The van der Waals surface area contributed by atoms with Crippen LogP contribution in [0.2, 0.25) is 0 Å². The monoisotopic (exact) mass is 391 g/mol.